The van der Waals surface area contributed by atoms with Crippen LogP contribution in [-0.4, -0.2) is 52.4 Å². The molecule has 0 atom stereocenters. The second-order valence-corrected chi connectivity index (χ2v) is 8.31. The van der Waals surface area contributed by atoms with E-state index in [4.69, 9.17) is 10.8 Å². The van der Waals surface area contributed by atoms with Crippen LogP contribution in [0.3, 0.4) is 0 Å². The van der Waals surface area contributed by atoms with Gasteiger partial charge >= 0.3 is 5.97 Å². The number of nitrogens with two attached hydrogens (primary N) is 1. The minimum atomic E-state index is -1.01. The zero-order valence-electron chi connectivity index (χ0n) is 19.4. The highest BCUT2D eigenvalue weighted by atomic mass is 16.4. The molecular weight excluding hydrogens is 434 g/mol. The molecule has 3 aromatic heterocycles. The second-order valence-electron chi connectivity index (χ2n) is 8.31. The lowest BCUT2D eigenvalue weighted by molar-refractivity contribution is -0.138. The summed E-state index contributed by atoms with van der Waals surface area (Å²) in [4.78, 5) is 20.8. The molecule has 4 rings (SSSR count). The average molecular weight is 464 g/mol. The lowest BCUT2D eigenvalue weighted by Crippen LogP contribution is -2.11. The van der Waals surface area contributed by atoms with Crippen LogP contribution < -0.4 is 11.1 Å². The van der Waals surface area contributed by atoms with Crippen LogP contribution in [0.5, 0.6) is 0 Å². The average Bonchev–Trinajstić information content (AvgIpc) is 3.39. The fourth-order valence-corrected chi connectivity index (χ4v) is 3.87. The molecule has 0 aliphatic rings. The Bertz CT molecular complexity index is 1300. The summed E-state index contributed by atoms with van der Waals surface area (Å²) in [5, 5.41) is 24.2. The van der Waals surface area contributed by atoms with E-state index in [-0.39, 0.29) is 12.5 Å². The van der Waals surface area contributed by atoms with Crippen LogP contribution >= 0.6 is 0 Å². The summed E-state index contributed by atoms with van der Waals surface area (Å²) in [5.74, 6) is 0.469. The number of aromatic nitrogens is 7. The number of rotatable bonds is 11. The molecule has 0 bridgehead atoms. The zero-order chi connectivity index (χ0) is 24.1. The number of carboxylic acid groups (broad SMARTS) is 1. The largest absolute Gasteiger partial charge is 0.480 e. The molecule has 0 saturated heterocycles. The van der Waals surface area contributed by atoms with Gasteiger partial charge < -0.3 is 20.7 Å². The van der Waals surface area contributed by atoms with Gasteiger partial charge in [0.05, 0.1) is 5.52 Å². The monoisotopic (exact) mass is 463 g/mol. The Kier molecular flexibility index (Phi) is 7.00. The number of hydrogen-bond acceptors (Lipinski definition) is 8. The Balaban J connectivity index is 1.57. The lowest BCUT2D eigenvalue weighted by Gasteiger charge is -2.13. The number of carboxylic acids is 1. The quantitative estimate of drug-likeness (QED) is 0.285. The van der Waals surface area contributed by atoms with E-state index < -0.39 is 5.97 Å². The van der Waals surface area contributed by atoms with Crippen molar-refractivity contribution in [2.45, 2.75) is 52.6 Å². The zero-order valence-corrected chi connectivity index (χ0v) is 19.4. The highest BCUT2D eigenvalue weighted by molar-refractivity contribution is 5.87. The SMILES string of the molecule is CCCCCNc1nc(N)nc2ccn(Cc3cc(Cc4nnn(CC(=O)O)n4)ccc3C)c12. The van der Waals surface area contributed by atoms with Gasteiger partial charge in [-0.2, -0.15) is 9.78 Å². The van der Waals surface area contributed by atoms with E-state index in [2.05, 4.69) is 61.2 Å². The van der Waals surface area contributed by atoms with E-state index >= 15 is 0 Å². The maximum Gasteiger partial charge on any atom is 0.327 e. The number of nitrogens with one attached hydrogen (secondary N) is 1. The molecule has 3 heterocycles. The number of aryl methyl sites for hydroxylation is 1. The van der Waals surface area contributed by atoms with Crippen LogP contribution in [-0.2, 0) is 24.3 Å². The summed E-state index contributed by atoms with van der Waals surface area (Å²) in [6, 6.07) is 8.16. The number of hydrogen-bond donors (Lipinski definition) is 3. The van der Waals surface area contributed by atoms with Crippen molar-refractivity contribution in [3.05, 3.63) is 53.0 Å². The Morgan fingerprint density at radius 3 is 2.85 bits per heavy atom. The van der Waals surface area contributed by atoms with Crippen molar-refractivity contribution in [3.63, 3.8) is 0 Å². The minimum Gasteiger partial charge on any atom is -0.480 e. The predicted molar refractivity (Wildman–Crippen MR) is 128 cm³/mol. The number of nitrogen functional groups attached to an aromatic ring is 1. The van der Waals surface area contributed by atoms with Crippen LogP contribution in [0.15, 0.2) is 30.5 Å². The molecule has 0 spiro atoms. The maximum atomic E-state index is 10.8. The highest BCUT2D eigenvalue weighted by Crippen LogP contribution is 2.25. The molecule has 11 nitrogen and oxygen atoms in total. The molecule has 11 heteroatoms. The number of fused-ring (bicyclic) bond motifs is 1. The first-order valence-corrected chi connectivity index (χ1v) is 11.4. The van der Waals surface area contributed by atoms with Gasteiger partial charge in [-0.25, -0.2) is 4.98 Å². The van der Waals surface area contributed by atoms with Gasteiger partial charge in [0.2, 0.25) is 5.95 Å². The summed E-state index contributed by atoms with van der Waals surface area (Å²) < 4.78 is 2.13. The van der Waals surface area contributed by atoms with E-state index in [1.165, 1.54) is 0 Å². The fourth-order valence-electron chi connectivity index (χ4n) is 3.87. The number of unbranched alkanes of at least 4 members (excludes halogenated alkanes) is 2. The summed E-state index contributed by atoms with van der Waals surface area (Å²) in [6.07, 6.45) is 5.84. The molecule has 0 unspecified atom stereocenters. The molecule has 0 aliphatic carbocycles. The van der Waals surface area contributed by atoms with Crippen LogP contribution in [0.1, 0.15) is 48.7 Å². The molecule has 0 fully saturated rings. The standard InChI is InChI=1S/C23H29N9O2/c1-3-4-5-9-25-22-21-18(26-23(24)27-22)8-10-31(21)13-17-11-16(7-6-15(17)2)12-19-28-30-32(29-19)14-20(33)34/h6-8,10-11H,3-5,9,12-14H2,1-2H3,(H,33,34)(H3,24,25,26,27). The summed E-state index contributed by atoms with van der Waals surface area (Å²) in [7, 11) is 0. The third kappa shape index (κ3) is 5.48. The van der Waals surface area contributed by atoms with Crippen molar-refractivity contribution in [2.24, 2.45) is 0 Å². The number of aliphatic carboxylic acids is 1. The van der Waals surface area contributed by atoms with Gasteiger partial charge in [-0.15, -0.1) is 10.2 Å². The van der Waals surface area contributed by atoms with Gasteiger partial charge in [0.1, 0.15) is 5.52 Å². The molecule has 178 valence electrons. The van der Waals surface area contributed by atoms with Gasteiger partial charge in [0, 0.05) is 25.7 Å². The van der Waals surface area contributed by atoms with Crippen molar-refractivity contribution in [1.29, 1.82) is 0 Å². The van der Waals surface area contributed by atoms with Gasteiger partial charge in [0.25, 0.3) is 0 Å². The van der Waals surface area contributed by atoms with Crippen LogP contribution in [0.4, 0.5) is 11.8 Å². The van der Waals surface area contributed by atoms with E-state index in [0.29, 0.717) is 18.8 Å². The third-order valence-corrected chi connectivity index (χ3v) is 5.59. The third-order valence-electron chi connectivity index (χ3n) is 5.59. The van der Waals surface area contributed by atoms with Crippen LogP contribution in [0.2, 0.25) is 0 Å². The molecule has 4 aromatic rings. The molecule has 1 aromatic carbocycles. The maximum absolute atomic E-state index is 10.8. The second kappa shape index (κ2) is 10.3. The van der Waals surface area contributed by atoms with Gasteiger partial charge in [0.15, 0.2) is 18.2 Å². The fraction of sp³-hybridized carbons (Fsp3) is 0.391. The molecule has 4 N–H and O–H groups in total. The van der Waals surface area contributed by atoms with E-state index in [1.54, 1.807) is 0 Å². The number of nitrogens with zero attached hydrogens (tertiary/aromatic N) is 7. The van der Waals surface area contributed by atoms with Gasteiger partial charge in [-0.1, -0.05) is 38.0 Å². The predicted octanol–water partition coefficient (Wildman–Crippen LogP) is 2.63. The summed E-state index contributed by atoms with van der Waals surface area (Å²) in [6.45, 7) is 5.41. The number of carbonyl (C=O) groups is 1. The number of anilines is 2. The summed E-state index contributed by atoms with van der Waals surface area (Å²) in [5.41, 5.74) is 11.0. The van der Waals surface area contributed by atoms with Gasteiger partial charge in [-0.05, 0) is 41.3 Å². The topological polar surface area (TPSA) is 150 Å². The molecule has 0 radical (unpaired) electrons. The molecule has 34 heavy (non-hydrogen) atoms. The molecule has 0 aliphatic heterocycles. The van der Waals surface area contributed by atoms with Crippen molar-refractivity contribution < 1.29 is 9.90 Å². The first kappa shape index (κ1) is 23.1. The Morgan fingerprint density at radius 1 is 1.21 bits per heavy atom. The van der Waals surface area contributed by atoms with Gasteiger partial charge in [-0.3, -0.25) is 4.79 Å². The van der Waals surface area contributed by atoms with E-state index in [9.17, 15) is 4.79 Å². The lowest BCUT2D eigenvalue weighted by atomic mass is 10.0. The van der Waals surface area contributed by atoms with Crippen LogP contribution in [0, 0.1) is 6.92 Å². The molecule has 0 saturated carbocycles. The first-order chi connectivity index (χ1) is 16.4. The van der Waals surface area contributed by atoms with Crippen molar-refractivity contribution in [2.75, 3.05) is 17.6 Å². The molecular formula is C23H29N9O2. The Labute approximate surface area is 197 Å². The first-order valence-electron chi connectivity index (χ1n) is 11.4. The molecule has 0 amide bonds. The Hall–Kier alpha value is -4.02. The minimum absolute atomic E-state index is 0.255. The van der Waals surface area contributed by atoms with Crippen molar-refractivity contribution in [1.82, 2.24) is 34.7 Å². The summed E-state index contributed by atoms with van der Waals surface area (Å²) >= 11 is 0. The Morgan fingerprint density at radius 2 is 2.06 bits per heavy atom. The van der Waals surface area contributed by atoms with Crippen LogP contribution in [0.25, 0.3) is 11.0 Å². The number of benzene rings is 1. The normalized spacial score (nSPS) is 11.2. The van der Waals surface area contributed by atoms with E-state index in [1.807, 2.05) is 18.3 Å². The highest BCUT2D eigenvalue weighted by Gasteiger charge is 2.13. The van der Waals surface area contributed by atoms with E-state index in [0.717, 1.165) is 64.1 Å². The smallest absolute Gasteiger partial charge is 0.327 e. The van der Waals surface area contributed by atoms with Crippen molar-refractivity contribution in [3.8, 4) is 0 Å². The number of tetrazole rings is 1. The van der Waals surface area contributed by atoms with Crippen molar-refractivity contribution >= 4 is 28.8 Å².